The summed E-state index contributed by atoms with van der Waals surface area (Å²) in [5, 5.41) is 0. The summed E-state index contributed by atoms with van der Waals surface area (Å²) in [5.74, 6) is 0.480. The second kappa shape index (κ2) is 8.47. The molecule has 0 aromatic heterocycles. The van der Waals surface area contributed by atoms with E-state index in [1.165, 1.54) is 12.2 Å². The lowest BCUT2D eigenvalue weighted by molar-refractivity contribution is -0.306. The van der Waals surface area contributed by atoms with Gasteiger partial charge in [-0.2, -0.15) is 4.89 Å². The first kappa shape index (κ1) is 19.4. The normalized spacial score (nSPS) is 27.7. The van der Waals surface area contributed by atoms with Crippen molar-refractivity contribution in [2.75, 3.05) is 6.61 Å². The number of ether oxygens (including phenoxy) is 1. The van der Waals surface area contributed by atoms with Crippen molar-refractivity contribution >= 4 is 18.0 Å². The molecule has 1 aliphatic heterocycles. The van der Waals surface area contributed by atoms with Crippen LogP contribution in [0.15, 0.2) is 12.2 Å². The van der Waals surface area contributed by atoms with Gasteiger partial charge in [0, 0.05) is 12.2 Å². The van der Waals surface area contributed by atoms with Crippen LogP contribution in [0.4, 0.5) is 4.79 Å². The molecule has 0 spiro atoms. The summed E-state index contributed by atoms with van der Waals surface area (Å²) in [6, 6.07) is -0.569. The number of rotatable bonds is 6. The average Bonchev–Trinajstić information content (AvgIpc) is 2.89. The first-order chi connectivity index (χ1) is 11.8. The number of carbonyl (C=O) groups is 3. The Morgan fingerprint density at radius 3 is 2.44 bits per heavy atom. The summed E-state index contributed by atoms with van der Waals surface area (Å²) < 4.78 is 4.97. The van der Waals surface area contributed by atoms with E-state index in [2.05, 4.69) is 20.8 Å². The molecule has 2 aliphatic rings. The van der Waals surface area contributed by atoms with Gasteiger partial charge in [-0.05, 0) is 37.5 Å². The number of hydrogen-bond donors (Lipinski definition) is 0. The van der Waals surface area contributed by atoms with Crippen molar-refractivity contribution in [1.82, 2.24) is 4.90 Å². The third-order valence-electron chi connectivity index (χ3n) is 4.93. The maximum absolute atomic E-state index is 11.8. The number of hydrogen-bond acceptors (Lipinski definition) is 6. The van der Waals surface area contributed by atoms with Gasteiger partial charge in [0.05, 0.1) is 6.04 Å². The molecule has 140 valence electrons. The van der Waals surface area contributed by atoms with Crippen LogP contribution in [0, 0.1) is 17.8 Å². The number of imide groups is 1. The SMILES string of the molecule is CC1CCC(C(C)C)C(OOC(=O)OCC(C)N2C(=O)C=CC2=O)C1. The first-order valence-corrected chi connectivity index (χ1v) is 8.85. The number of nitrogens with zero attached hydrogens (tertiary/aromatic N) is 1. The van der Waals surface area contributed by atoms with Crippen LogP contribution in [-0.2, 0) is 24.1 Å². The van der Waals surface area contributed by atoms with Gasteiger partial charge >= 0.3 is 6.16 Å². The Morgan fingerprint density at radius 2 is 1.84 bits per heavy atom. The highest BCUT2D eigenvalue weighted by atomic mass is 17.2. The van der Waals surface area contributed by atoms with Crippen molar-refractivity contribution in [1.29, 1.82) is 0 Å². The lowest BCUT2D eigenvalue weighted by Gasteiger charge is -2.35. The second-order valence-corrected chi connectivity index (χ2v) is 7.33. The van der Waals surface area contributed by atoms with Gasteiger partial charge in [0.15, 0.2) is 0 Å². The fraction of sp³-hybridized carbons (Fsp3) is 0.722. The molecule has 0 saturated heterocycles. The minimum atomic E-state index is -0.959. The fourth-order valence-corrected chi connectivity index (χ4v) is 3.46. The topological polar surface area (TPSA) is 82.1 Å². The first-order valence-electron chi connectivity index (χ1n) is 8.85. The van der Waals surface area contributed by atoms with Crippen molar-refractivity contribution in [3.05, 3.63) is 12.2 Å². The van der Waals surface area contributed by atoms with E-state index < -0.39 is 24.0 Å². The quantitative estimate of drug-likeness (QED) is 0.316. The highest BCUT2D eigenvalue weighted by Crippen LogP contribution is 2.35. The van der Waals surface area contributed by atoms with Crippen LogP contribution in [0.5, 0.6) is 0 Å². The third-order valence-corrected chi connectivity index (χ3v) is 4.93. The van der Waals surface area contributed by atoms with Crippen LogP contribution in [0.25, 0.3) is 0 Å². The van der Waals surface area contributed by atoms with Crippen LogP contribution in [0.2, 0.25) is 0 Å². The van der Waals surface area contributed by atoms with E-state index in [-0.39, 0.29) is 12.7 Å². The molecule has 0 N–H and O–H groups in total. The van der Waals surface area contributed by atoms with Crippen molar-refractivity contribution in [2.45, 2.75) is 59.1 Å². The van der Waals surface area contributed by atoms with Crippen molar-refractivity contribution < 1.29 is 28.9 Å². The highest BCUT2D eigenvalue weighted by Gasteiger charge is 2.34. The average molecular weight is 353 g/mol. The van der Waals surface area contributed by atoms with Crippen molar-refractivity contribution in [3.8, 4) is 0 Å². The van der Waals surface area contributed by atoms with Gasteiger partial charge in [-0.25, -0.2) is 4.79 Å². The summed E-state index contributed by atoms with van der Waals surface area (Å²) in [7, 11) is 0. The van der Waals surface area contributed by atoms with E-state index in [4.69, 9.17) is 14.5 Å². The molecule has 25 heavy (non-hydrogen) atoms. The Morgan fingerprint density at radius 1 is 1.20 bits per heavy atom. The summed E-state index contributed by atoms with van der Waals surface area (Å²) in [4.78, 5) is 46.1. The Balaban J connectivity index is 1.76. The molecule has 0 radical (unpaired) electrons. The molecule has 1 aliphatic carbocycles. The van der Waals surface area contributed by atoms with Crippen LogP contribution in [0.1, 0.15) is 47.0 Å². The van der Waals surface area contributed by atoms with E-state index in [1.54, 1.807) is 6.92 Å². The van der Waals surface area contributed by atoms with E-state index in [0.717, 1.165) is 24.2 Å². The Kier molecular flexibility index (Phi) is 6.58. The van der Waals surface area contributed by atoms with Gasteiger partial charge in [0.2, 0.25) is 0 Å². The van der Waals surface area contributed by atoms with Crippen molar-refractivity contribution in [2.24, 2.45) is 17.8 Å². The molecule has 4 atom stereocenters. The fourth-order valence-electron chi connectivity index (χ4n) is 3.46. The highest BCUT2D eigenvalue weighted by molar-refractivity contribution is 6.13. The molecule has 1 fully saturated rings. The second-order valence-electron chi connectivity index (χ2n) is 7.33. The Labute approximate surface area is 148 Å². The Bertz CT molecular complexity index is 526. The minimum absolute atomic E-state index is 0.139. The van der Waals surface area contributed by atoms with Crippen molar-refractivity contribution in [3.63, 3.8) is 0 Å². The lowest BCUT2D eigenvalue weighted by Crippen LogP contribution is -2.41. The molecule has 2 amide bonds. The zero-order chi connectivity index (χ0) is 18.6. The molecule has 7 nitrogen and oxygen atoms in total. The zero-order valence-electron chi connectivity index (χ0n) is 15.3. The molecular formula is C18H27NO6. The predicted molar refractivity (Wildman–Crippen MR) is 89.1 cm³/mol. The molecule has 0 aromatic carbocycles. The summed E-state index contributed by atoms with van der Waals surface area (Å²) in [6.07, 6.45) is 4.32. The van der Waals surface area contributed by atoms with Crippen LogP contribution in [0.3, 0.4) is 0 Å². The predicted octanol–water partition coefficient (Wildman–Crippen LogP) is 2.85. The minimum Gasteiger partial charge on any atom is -0.430 e. The maximum Gasteiger partial charge on any atom is 0.540 e. The number of carbonyl (C=O) groups excluding carboxylic acids is 3. The third kappa shape index (κ3) is 5.04. The molecule has 1 saturated carbocycles. The number of amides is 2. The van der Waals surface area contributed by atoms with E-state index in [1.807, 2.05) is 0 Å². The van der Waals surface area contributed by atoms with Gasteiger partial charge in [-0.1, -0.05) is 27.2 Å². The summed E-state index contributed by atoms with van der Waals surface area (Å²) >= 11 is 0. The molecule has 7 heteroatoms. The zero-order valence-corrected chi connectivity index (χ0v) is 15.3. The van der Waals surface area contributed by atoms with Crippen LogP contribution < -0.4 is 0 Å². The molecule has 4 unspecified atom stereocenters. The van der Waals surface area contributed by atoms with E-state index >= 15 is 0 Å². The van der Waals surface area contributed by atoms with Gasteiger partial charge < -0.3 is 4.74 Å². The lowest BCUT2D eigenvalue weighted by atomic mass is 9.75. The summed E-state index contributed by atoms with van der Waals surface area (Å²) in [5.41, 5.74) is 0. The Hall–Kier alpha value is -1.89. The standard InChI is InChI=1S/C18H27NO6/c1-11(2)14-6-5-12(3)9-15(14)24-25-18(22)23-10-13(4)19-16(20)7-8-17(19)21/h7-8,11-15H,5-6,9-10H2,1-4H3. The molecule has 0 aromatic rings. The monoisotopic (exact) mass is 353 g/mol. The molecular weight excluding hydrogens is 326 g/mol. The maximum atomic E-state index is 11.8. The van der Waals surface area contributed by atoms with Gasteiger partial charge in [-0.3, -0.25) is 19.4 Å². The summed E-state index contributed by atoms with van der Waals surface area (Å²) in [6.45, 7) is 7.90. The molecule has 1 heterocycles. The molecule has 0 bridgehead atoms. The van der Waals surface area contributed by atoms with E-state index in [9.17, 15) is 14.4 Å². The van der Waals surface area contributed by atoms with E-state index in [0.29, 0.717) is 17.8 Å². The van der Waals surface area contributed by atoms with Gasteiger partial charge in [0.25, 0.3) is 11.8 Å². The van der Waals surface area contributed by atoms with Gasteiger partial charge in [-0.15, -0.1) is 0 Å². The van der Waals surface area contributed by atoms with Gasteiger partial charge in [0.1, 0.15) is 12.7 Å². The smallest absolute Gasteiger partial charge is 0.430 e. The van der Waals surface area contributed by atoms with Crippen LogP contribution in [-0.4, -0.2) is 41.6 Å². The largest absolute Gasteiger partial charge is 0.540 e. The molecule has 2 rings (SSSR count). The van der Waals surface area contributed by atoms with Crippen LogP contribution >= 0.6 is 0 Å².